The van der Waals surface area contributed by atoms with Crippen molar-refractivity contribution in [3.63, 3.8) is 0 Å². The summed E-state index contributed by atoms with van der Waals surface area (Å²) in [6.07, 6.45) is 1.38. The van der Waals surface area contributed by atoms with Gasteiger partial charge in [0.2, 0.25) is 5.91 Å². The molecular weight excluding hydrogens is 419 g/mol. The first-order valence-corrected chi connectivity index (χ1v) is 8.12. The number of ether oxygens (including phenoxy) is 1. The normalized spacial score (nSPS) is 10.5. The number of benzene rings is 1. The molecule has 0 radical (unpaired) electrons. The third kappa shape index (κ3) is 8.95. The molecule has 0 saturated carbocycles. The van der Waals surface area contributed by atoms with Crippen LogP contribution in [-0.4, -0.2) is 38.6 Å². The molecule has 6 nitrogen and oxygen atoms in total. The molecule has 0 spiro atoms. The van der Waals surface area contributed by atoms with Crippen LogP contribution in [0.15, 0.2) is 29.3 Å². The van der Waals surface area contributed by atoms with Crippen LogP contribution >= 0.6 is 24.0 Å². The van der Waals surface area contributed by atoms with Crippen molar-refractivity contribution >= 4 is 35.8 Å². The van der Waals surface area contributed by atoms with E-state index in [4.69, 9.17) is 4.74 Å². The Labute approximate surface area is 161 Å². The van der Waals surface area contributed by atoms with Gasteiger partial charge >= 0.3 is 0 Å². The highest BCUT2D eigenvalue weighted by Gasteiger charge is 2.04. The van der Waals surface area contributed by atoms with Gasteiger partial charge in [0, 0.05) is 31.6 Å². The molecule has 3 N–H and O–H groups in total. The van der Waals surface area contributed by atoms with Crippen LogP contribution in [0.2, 0.25) is 0 Å². The number of nitrogens with one attached hydrogen (secondary N) is 3. The lowest BCUT2D eigenvalue weighted by atomic mass is 10.2. The van der Waals surface area contributed by atoms with Gasteiger partial charge in [-0.1, -0.05) is 25.1 Å². The van der Waals surface area contributed by atoms with Crippen LogP contribution < -0.4 is 20.7 Å². The molecule has 7 heteroatoms. The van der Waals surface area contributed by atoms with E-state index in [9.17, 15) is 4.79 Å². The number of aliphatic imine (C=N–C) groups is 1. The summed E-state index contributed by atoms with van der Waals surface area (Å²) in [5.74, 6) is 1.58. The van der Waals surface area contributed by atoms with E-state index >= 15 is 0 Å². The Morgan fingerprint density at radius 2 is 1.88 bits per heavy atom. The third-order valence-corrected chi connectivity index (χ3v) is 3.16. The SMILES string of the molecule is CCCNC(=O)CCNC(=NCc1ccccc1OC)NCC.I. The molecule has 1 amide bonds. The highest BCUT2D eigenvalue weighted by molar-refractivity contribution is 14.0. The van der Waals surface area contributed by atoms with Gasteiger partial charge in [-0.15, -0.1) is 24.0 Å². The second-order valence-electron chi connectivity index (χ2n) is 5.03. The van der Waals surface area contributed by atoms with E-state index in [1.807, 2.05) is 38.1 Å². The monoisotopic (exact) mass is 448 g/mol. The number of halogens is 1. The minimum atomic E-state index is 0. The molecule has 0 aliphatic rings. The Hall–Kier alpha value is -1.51. The van der Waals surface area contributed by atoms with Crippen LogP contribution in [-0.2, 0) is 11.3 Å². The second kappa shape index (κ2) is 13.9. The molecule has 1 rings (SSSR count). The van der Waals surface area contributed by atoms with Gasteiger partial charge in [0.1, 0.15) is 5.75 Å². The number of hydrogen-bond donors (Lipinski definition) is 3. The zero-order valence-electron chi connectivity index (χ0n) is 14.7. The first-order valence-electron chi connectivity index (χ1n) is 8.12. The molecular formula is C17H29IN4O2. The van der Waals surface area contributed by atoms with Crippen molar-refractivity contribution in [1.29, 1.82) is 0 Å². The molecule has 0 unspecified atom stereocenters. The van der Waals surface area contributed by atoms with E-state index in [1.54, 1.807) is 7.11 Å². The van der Waals surface area contributed by atoms with Crippen molar-refractivity contribution in [2.75, 3.05) is 26.7 Å². The van der Waals surface area contributed by atoms with Crippen LogP contribution in [0.4, 0.5) is 0 Å². The maximum absolute atomic E-state index is 11.6. The number of rotatable bonds is 9. The minimum absolute atomic E-state index is 0. The Morgan fingerprint density at radius 3 is 2.54 bits per heavy atom. The molecule has 0 bridgehead atoms. The van der Waals surface area contributed by atoms with E-state index in [1.165, 1.54) is 0 Å². The molecule has 1 aromatic rings. The van der Waals surface area contributed by atoms with Crippen LogP contribution in [0.25, 0.3) is 0 Å². The third-order valence-electron chi connectivity index (χ3n) is 3.16. The highest BCUT2D eigenvalue weighted by atomic mass is 127. The Morgan fingerprint density at radius 1 is 1.12 bits per heavy atom. The quantitative estimate of drug-likeness (QED) is 0.308. The lowest BCUT2D eigenvalue weighted by molar-refractivity contribution is -0.120. The fraction of sp³-hybridized carbons (Fsp3) is 0.529. The second-order valence-corrected chi connectivity index (χ2v) is 5.03. The molecule has 0 atom stereocenters. The van der Waals surface area contributed by atoms with Gasteiger partial charge in [-0.25, -0.2) is 4.99 Å². The number of guanidine groups is 1. The molecule has 0 heterocycles. The predicted octanol–water partition coefficient (Wildman–Crippen LogP) is 2.28. The van der Waals surface area contributed by atoms with Crippen molar-refractivity contribution < 1.29 is 9.53 Å². The number of carbonyl (C=O) groups excluding carboxylic acids is 1. The lowest BCUT2D eigenvalue weighted by Gasteiger charge is -2.12. The standard InChI is InChI=1S/C17H28N4O2.HI/c1-4-11-19-16(22)10-12-20-17(18-5-2)21-13-14-8-6-7-9-15(14)23-3;/h6-9H,4-5,10-13H2,1-3H3,(H,19,22)(H2,18,20,21);1H. The number of carbonyl (C=O) groups is 1. The smallest absolute Gasteiger partial charge is 0.221 e. The zero-order valence-corrected chi connectivity index (χ0v) is 17.1. The number of para-hydroxylation sites is 1. The van der Waals surface area contributed by atoms with Gasteiger partial charge in [0.15, 0.2) is 5.96 Å². The maximum atomic E-state index is 11.6. The fourth-order valence-corrected chi connectivity index (χ4v) is 1.99. The highest BCUT2D eigenvalue weighted by Crippen LogP contribution is 2.17. The fourth-order valence-electron chi connectivity index (χ4n) is 1.99. The molecule has 0 aliphatic carbocycles. The van der Waals surface area contributed by atoms with Crippen molar-refractivity contribution in [2.45, 2.75) is 33.2 Å². The van der Waals surface area contributed by atoms with Gasteiger partial charge in [0.25, 0.3) is 0 Å². The summed E-state index contributed by atoms with van der Waals surface area (Å²) in [6, 6.07) is 7.81. The van der Waals surface area contributed by atoms with Crippen LogP contribution in [0.3, 0.4) is 0 Å². The van der Waals surface area contributed by atoms with Crippen molar-refractivity contribution in [3.8, 4) is 5.75 Å². The Balaban J connectivity index is 0.00000529. The summed E-state index contributed by atoms with van der Waals surface area (Å²) in [6.45, 7) is 6.59. The van der Waals surface area contributed by atoms with E-state index in [0.717, 1.165) is 30.8 Å². The van der Waals surface area contributed by atoms with Gasteiger partial charge in [-0.05, 0) is 19.4 Å². The van der Waals surface area contributed by atoms with Crippen molar-refractivity contribution in [3.05, 3.63) is 29.8 Å². The molecule has 1 aromatic carbocycles. The van der Waals surface area contributed by atoms with Crippen LogP contribution in [0.1, 0.15) is 32.3 Å². The van der Waals surface area contributed by atoms with Gasteiger partial charge in [0.05, 0.1) is 13.7 Å². The maximum Gasteiger partial charge on any atom is 0.221 e. The molecule has 136 valence electrons. The van der Waals surface area contributed by atoms with E-state index < -0.39 is 0 Å². The molecule has 24 heavy (non-hydrogen) atoms. The minimum Gasteiger partial charge on any atom is -0.496 e. The molecule has 0 fully saturated rings. The predicted molar refractivity (Wildman–Crippen MR) is 109 cm³/mol. The number of methoxy groups -OCH3 is 1. The van der Waals surface area contributed by atoms with Crippen LogP contribution in [0.5, 0.6) is 5.75 Å². The van der Waals surface area contributed by atoms with Gasteiger partial charge in [-0.2, -0.15) is 0 Å². The summed E-state index contributed by atoms with van der Waals surface area (Å²) in [5.41, 5.74) is 1.02. The van der Waals surface area contributed by atoms with E-state index in [2.05, 4.69) is 20.9 Å². The summed E-state index contributed by atoms with van der Waals surface area (Å²) in [4.78, 5) is 16.1. The Bertz CT molecular complexity index is 509. The topological polar surface area (TPSA) is 74.8 Å². The van der Waals surface area contributed by atoms with E-state index in [0.29, 0.717) is 25.5 Å². The molecule has 0 saturated heterocycles. The molecule has 0 aliphatic heterocycles. The van der Waals surface area contributed by atoms with Crippen LogP contribution in [0, 0.1) is 0 Å². The largest absolute Gasteiger partial charge is 0.496 e. The van der Waals surface area contributed by atoms with Gasteiger partial charge in [-0.3, -0.25) is 4.79 Å². The van der Waals surface area contributed by atoms with Crippen molar-refractivity contribution in [1.82, 2.24) is 16.0 Å². The number of amides is 1. The summed E-state index contributed by atoms with van der Waals surface area (Å²) in [5, 5.41) is 9.20. The van der Waals surface area contributed by atoms with Gasteiger partial charge < -0.3 is 20.7 Å². The summed E-state index contributed by atoms with van der Waals surface area (Å²) in [7, 11) is 1.65. The first kappa shape index (κ1) is 22.5. The average molecular weight is 448 g/mol. The average Bonchev–Trinajstić information content (AvgIpc) is 2.58. The van der Waals surface area contributed by atoms with Crippen molar-refractivity contribution in [2.24, 2.45) is 4.99 Å². The summed E-state index contributed by atoms with van der Waals surface area (Å²) >= 11 is 0. The lowest BCUT2D eigenvalue weighted by Crippen LogP contribution is -2.39. The molecule has 0 aromatic heterocycles. The number of nitrogens with zero attached hydrogens (tertiary/aromatic N) is 1. The summed E-state index contributed by atoms with van der Waals surface area (Å²) < 4.78 is 5.32. The van der Waals surface area contributed by atoms with E-state index in [-0.39, 0.29) is 29.9 Å². The zero-order chi connectivity index (χ0) is 16.9. The first-order chi connectivity index (χ1) is 11.2. The number of hydrogen-bond acceptors (Lipinski definition) is 3. The Kier molecular flexibility index (Phi) is 13.0.